The topological polar surface area (TPSA) is 59.5 Å². The number of sulfonamides is 1. The molecule has 0 N–H and O–H groups in total. The Bertz CT molecular complexity index is 718. The molecule has 0 amide bonds. The zero-order valence-electron chi connectivity index (χ0n) is 11.0. The zero-order chi connectivity index (χ0) is 14.9. The van der Waals surface area contributed by atoms with Gasteiger partial charge in [0.2, 0.25) is 0 Å². The van der Waals surface area contributed by atoms with Crippen LogP contribution < -0.4 is 4.74 Å². The van der Waals surface area contributed by atoms with Crippen LogP contribution in [0.25, 0.3) is 0 Å². The van der Waals surface area contributed by atoms with E-state index in [4.69, 9.17) is 16.3 Å². The van der Waals surface area contributed by atoms with Crippen LogP contribution in [0.3, 0.4) is 0 Å². The Kier molecular flexibility index (Phi) is 4.17. The third-order valence-corrected chi connectivity index (χ3v) is 6.77. The van der Waals surface area contributed by atoms with Crippen molar-refractivity contribution in [1.29, 1.82) is 0 Å². The van der Waals surface area contributed by atoms with Gasteiger partial charge in [-0.3, -0.25) is 4.98 Å². The summed E-state index contributed by atoms with van der Waals surface area (Å²) in [6.07, 6.45) is 3.82. The SMILES string of the molecule is O=S(=O)(c1ccc(Cl)s1)N1CC[C@H](Oc2ccncc2)C1. The molecule has 0 aromatic carbocycles. The molecule has 1 saturated heterocycles. The van der Waals surface area contributed by atoms with Gasteiger partial charge in [0.15, 0.2) is 0 Å². The lowest BCUT2D eigenvalue weighted by molar-refractivity contribution is 0.215. The zero-order valence-corrected chi connectivity index (χ0v) is 13.4. The molecule has 0 bridgehead atoms. The predicted octanol–water partition coefficient (Wildman–Crippen LogP) is 2.64. The van der Waals surface area contributed by atoms with Crippen molar-refractivity contribution in [3.63, 3.8) is 0 Å². The first kappa shape index (κ1) is 14.8. The molecule has 2 aromatic heterocycles. The van der Waals surface area contributed by atoms with Gasteiger partial charge in [0.25, 0.3) is 10.0 Å². The Balaban J connectivity index is 1.69. The monoisotopic (exact) mass is 344 g/mol. The summed E-state index contributed by atoms with van der Waals surface area (Å²) in [5, 5.41) is 0. The van der Waals surface area contributed by atoms with Gasteiger partial charge >= 0.3 is 0 Å². The van der Waals surface area contributed by atoms with Crippen molar-refractivity contribution in [2.45, 2.75) is 16.7 Å². The van der Waals surface area contributed by atoms with Gasteiger partial charge < -0.3 is 4.74 Å². The predicted molar refractivity (Wildman–Crippen MR) is 81.4 cm³/mol. The molecule has 1 atom stereocenters. The minimum absolute atomic E-state index is 0.141. The Hall–Kier alpha value is -1.15. The molecule has 0 aliphatic carbocycles. The van der Waals surface area contributed by atoms with E-state index in [9.17, 15) is 8.42 Å². The van der Waals surface area contributed by atoms with E-state index in [-0.39, 0.29) is 10.3 Å². The summed E-state index contributed by atoms with van der Waals surface area (Å²) in [5.41, 5.74) is 0. The molecule has 5 nitrogen and oxygen atoms in total. The van der Waals surface area contributed by atoms with Gasteiger partial charge in [0.05, 0.1) is 10.9 Å². The summed E-state index contributed by atoms with van der Waals surface area (Å²) in [4.78, 5) is 3.92. The lowest BCUT2D eigenvalue weighted by atomic mass is 10.3. The van der Waals surface area contributed by atoms with Crippen LogP contribution in [0.4, 0.5) is 0 Å². The third kappa shape index (κ3) is 3.21. The van der Waals surface area contributed by atoms with E-state index in [0.717, 1.165) is 11.3 Å². The fourth-order valence-electron chi connectivity index (χ4n) is 2.19. The number of aromatic nitrogens is 1. The molecule has 1 fully saturated rings. The maximum absolute atomic E-state index is 12.5. The summed E-state index contributed by atoms with van der Waals surface area (Å²) >= 11 is 6.89. The average Bonchev–Trinajstić information content (AvgIpc) is 3.10. The number of hydrogen-bond acceptors (Lipinski definition) is 5. The second-order valence-electron chi connectivity index (χ2n) is 4.63. The van der Waals surface area contributed by atoms with E-state index >= 15 is 0 Å². The van der Waals surface area contributed by atoms with E-state index in [0.29, 0.717) is 29.6 Å². The van der Waals surface area contributed by atoms with Crippen LogP contribution in [0.5, 0.6) is 5.75 Å². The molecule has 3 rings (SSSR count). The van der Waals surface area contributed by atoms with Crippen LogP contribution in [0.1, 0.15) is 6.42 Å². The van der Waals surface area contributed by atoms with Crippen LogP contribution >= 0.6 is 22.9 Å². The van der Waals surface area contributed by atoms with Gasteiger partial charge in [-0.2, -0.15) is 4.31 Å². The van der Waals surface area contributed by atoms with Crippen molar-refractivity contribution in [2.24, 2.45) is 0 Å². The van der Waals surface area contributed by atoms with E-state index in [1.165, 1.54) is 4.31 Å². The molecule has 0 unspecified atom stereocenters. The van der Waals surface area contributed by atoms with Gasteiger partial charge in [-0.1, -0.05) is 11.6 Å². The molecule has 8 heteroatoms. The number of nitrogens with zero attached hydrogens (tertiary/aromatic N) is 2. The van der Waals surface area contributed by atoms with Gasteiger partial charge in [-0.05, 0) is 30.7 Å². The van der Waals surface area contributed by atoms with Crippen molar-refractivity contribution in [1.82, 2.24) is 9.29 Å². The van der Waals surface area contributed by atoms with E-state index in [2.05, 4.69) is 4.98 Å². The van der Waals surface area contributed by atoms with Crippen LogP contribution in [0.2, 0.25) is 4.34 Å². The smallest absolute Gasteiger partial charge is 0.252 e. The quantitative estimate of drug-likeness (QED) is 0.855. The molecule has 112 valence electrons. The highest BCUT2D eigenvalue weighted by Gasteiger charge is 2.34. The molecule has 2 aromatic rings. The third-order valence-electron chi connectivity index (χ3n) is 3.20. The van der Waals surface area contributed by atoms with Gasteiger partial charge in [0, 0.05) is 18.9 Å². The number of hydrogen-bond donors (Lipinski definition) is 0. The Morgan fingerprint density at radius 2 is 2.05 bits per heavy atom. The lowest BCUT2D eigenvalue weighted by Crippen LogP contribution is -2.30. The van der Waals surface area contributed by atoms with Crippen LogP contribution in [0.15, 0.2) is 40.9 Å². The molecule has 0 saturated carbocycles. The molecule has 0 radical (unpaired) electrons. The molecule has 21 heavy (non-hydrogen) atoms. The number of rotatable bonds is 4. The first-order valence-corrected chi connectivity index (χ1v) is 9.01. The minimum Gasteiger partial charge on any atom is -0.489 e. The highest BCUT2D eigenvalue weighted by atomic mass is 35.5. The Morgan fingerprint density at radius 1 is 1.29 bits per heavy atom. The maximum Gasteiger partial charge on any atom is 0.252 e. The molecular weight excluding hydrogens is 332 g/mol. The van der Waals surface area contributed by atoms with Gasteiger partial charge in [-0.15, -0.1) is 11.3 Å². The Morgan fingerprint density at radius 3 is 2.71 bits per heavy atom. The van der Waals surface area contributed by atoms with Crippen molar-refractivity contribution < 1.29 is 13.2 Å². The van der Waals surface area contributed by atoms with Gasteiger partial charge in [0.1, 0.15) is 16.1 Å². The van der Waals surface area contributed by atoms with Gasteiger partial charge in [-0.25, -0.2) is 8.42 Å². The van der Waals surface area contributed by atoms with Crippen LogP contribution in [-0.2, 0) is 10.0 Å². The van der Waals surface area contributed by atoms with Crippen molar-refractivity contribution in [3.05, 3.63) is 41.0 Å². The van der Waals surface area contributed by atoms with Crippen LogP contribution in [0, 0.1) is 0 Å². The number of thiophene rings is 1. The van der Waals surface area contributed by atoms with Crippen molar-refractivity contribution >= 4 is 33.0 Å². The maximum atomic E-state index is 12.5. The van der Waals surface area contributed by atoms with E-state index in [1.54, 1.807) is 36.7 Å². The second kappa shape index (κ2) is 5.92. The lowest BCUT2D eigenvalue weighted by Gasteiger charge is -2.16. The van der Waals surface area contributed by atoms with Crippen LogP contribution in [-0.4, -0.2) is 36.9 Å². The van der Waals surface area contributed by atoms with E-state index in [1.807, 2.05) is 0 Å². The first-order chi connectivity index (χ1) is 10.1. The standard InChI is InChI=1S/C13H13ClN2O3S2/c14-12-1-2-13(20-12)21(17,18)16-8-5-11(9-16)19-10-3-6-15-7-4-10/h1-4,6-7,11H,5,8-9H2/t11-/m0/s1. The molecule has 0 spiro atoms. The average molecular weight is 345 g/mol. The fourth-order valence-corrected chi connectivity index (χ4v) is 5.31. The normalized spacial score (nSPS) is 19.8. The largest absolute Gasteiger partial charge is 0.489 e. The fraction of sp³-hybridized carbons (Fsp3) is 0.308. The summed E-state index contributed by atoms with van der Waals surface area (Å²) in [5.74, 6) is 0.702. The summed E-state index contributed by atoms with van der Waals surface area (Å²) < 4.78 is 32.9. The molecule has 1 aliphatic heterocycles. The first-order valence-electron chi connectivity index (χ1n) is 6.38. The van der Waals surface area contributed by atoms with E-state index < -0.39 is 10.0 Å². The summed E-state index contributed by atoms with van der Waals surface area (Å²) in [7, 11) is -3.47. The second-order valence-corrected chi connectivity index (χ2v) is 8.51. The van der Waals surface area contributed by atoms with Crippen molar-refractivity contribution in [2.75, 3.05) is 13.1 Å². The highest BCUT2D eigenvalue weighted by Crippen LogP contribution is 2.30. The number of ether oxygens (including phenoxy) is 1. The number of halogens is 1. The number of pyridine rings is 1. The minimum atomic E-state index is -3.47. The van der Waals surface area contributed by atoms with Crippen molar-refractivity contribution in [3.8, 4) is 5.75 Å². The summed E-state index contributed by atoms with van der Waals surface area (Å²) in [6.45, 7) is 0.799. The summed E-state index contributed by atoms with van der Waals surface area (Å²) in [6, 6.07) is 6.66. The highest BCUT2D eigenvalue weighted by molar-refractivity contribution is 7.91. The Labute approximate surface area is 132 Å². The molecule has 3 heterocycles. The molecule has 1 aliphatic rings. The molecular formula is C13H13ClN2O3S2.